The van der Waals surface area contributed by atoms with Gasteiger partial charge in [0.05, 0.1) is 11.1 Å². The van der Waals surface area contributed by atoms with Crippen LogP contribution in [-0.2, 0) is 0 Å². The lowest BCUT2D eigenvalue weighted by molar-refractivity contribution is 0.620. The first-order valence-corrected chi connectivity index (χ1v) is 9.18. The third kappa shape index (κ3) is 2.53. The summed E-state index contributed by atoms with van der Waals surface area (Å²) in [6.45, 7) is 0. The molecule has 5 rings (SSSR count). The average molecular weight is 372 g/mol. The Morgan fingerprint density at radius 1 is 0.517 bits per heavy atom. The third-order valence-corrected chi connectivity index (χ3v) is 5.39. The molecule has 0 fully saturated rings. The van der Waals surface area contributed by atoms with E-state index in [0.29, 0.717) is 5.56 Å². The standard InChI is InChI=1S/C26H13FN2/c27-26-18(14-28)11-17(12-19(26)15-29)16-9-10-24-22-7-2-1-5-20(22)21-6-3-4-8-23(21)25(24)13-16/h1-13H. The van der Waals surface area contributed by atoms with Crippen molar-refractivity contribution in [2.45, 2.75) is 0 Å². The van der Waals surface area contributed by atoms with Crippen LogP contribution in [0.15, 0.2) is 78.9 Å². The molecule has 0 aromatic heterocycles. The minimum atomic E-state index is -0.768. The maximum absolute atomic E-state index is 14.2. The first kappa shape index (κ1) is 16.9. The number of nitrogens with zero attached hydrogens (tertiary/aromatic N) is 2. The normalized spacial score (nSPS) is 10.9. The Kier molecular flexibility index (Phi) is 3.76. The van der Waals surface area contributed by atoms with Crippen molar-refractivity contribution < 1.29 is 4.39 Å². The summed E-state index contributed by atoms with van der Waals surface area (Å²) >= 11 is 0. The minimum Gasteiger partial charge on any atom is -0.204 e. The van der Waals surface area contributed by atoms with Gasteiger partial charge in [-0.05, 0) is 61.6 Å². The van der Waals surface area contributed by atoms with Gasteiger partial charge in [-0.1, -0.05) is 60.7 Å². The molecule has 0 aliphatic heterocycles. The molecule has 29 heavy (non-hydrogen) atoms. The van der Waals surface area contributed by atoms with Crippen molar-refractivity contribution in [2.75, 3.05) is 0 Å². The second-order valence-corrected chi connectivity index (χ2v) is 6.96. The molecule has 0 bridgehead atoms. The molecule has 3 heteroatoms. The molecule has 134 valence electrons. The van der Waals surface area contributed by atoms with Gasteiger partial charge < -0.3 is 0 Å². The first-order chi connectivity index (χ1) is 14.2. The quantitative estimate of drug-likeness (QED) is 0.308. The van der Waals surface area contributed by atoms with Gasteiger partial charge in [0.2, 0.25) is 0 Å². The molecule has 0 aliphatic rings. The number of nitriles is 2. The van der Waals surface area contributed by atoms with Gasteiger partial charge in [0.15, 0.2) is 5.82 Å². The summed E-state index contributed by atoms with van der Waals surface area (Å²) in [5.41, 5.74) is 1.25. The van der Waals surface area contributed by atoms with Crippen LogP contribution in [0.2, 0.25) is 0 Å². The van der Waals surface area contributed by atoms with E-state index >= 15 is 0 Å². The lowest BCUT2D eigenvalue weighted by Crippen LogP contribution is -1.92. The van der Waals surface area contributed by atoms with Crippen molar-refractivity contribution in [3.8, 4) is 23.3 Å². The number of hydrogen-bond acceptors (Lipinski definition) is 2. The summed E-state index contributed by atoms with van der Waals surface area (Å²) in [7, 11) is 0. The van der Waals surface area contributed by atoms with Gasteiger partial charge in [0.1, 0.15) is 12.1 Å². The van der Waals surface area contributed by atoms with Crippen molar-refractivity contribution in [3.63, 3.8) is 0 Å². The molecule has 0 spiro atoms. The zero-order valence-corrected chi connectivity index (χ0v) is 15.3. The molecule has 0 N–H and O–H groups in total. The molecule has 0 radical (unpaired) electrons. The minimum absolute atomic E-state index is 0.123. The van der Waals surface area contributed by atoms with Crippen LogP contribution in [0.4, 0.5) is 4.39 Å². The van der Waals surface area contributed by atoms with Crippen LogP contribution in [0.3, 0.4) is 0 Å². The van der Waals surface area contributed by atoms with E-state index in [2.05, 4.69) is 36.4 Å². The van der Waals surface area contributed by atoms with Gasteiger partial charge in [0, 0.05) is 0 Å². The first-order valence-electron chi connectivity index (χ1n) is 9.18. The van der Waals surface area contributed by atoms with Gasteiger partial charge in [0.25, 0.3) is 0 Å². The van der Waals surface area contributed by atoms with Gasteiger partial charge in [-0.25, -0.2) is 4.39 Å². The van der Waals surface area contributed by atoms with E-state index in [1.54, 1.807) is 0 Å². The zero-order valence-electron chi connectivity index (χ0n) is 15.3. The molecule has 0 amide bonds. The van der Waals surface area contributed by atoms with E-state index in [-0.39, 0.29) is 11.1 Å². The summed E-state index contributed by atoms with van der Waals surface area (Å²) < 4.78 is 14.2. The van der Waals surface area contributed by atoms with Crippen molar-refractivity contribution in [2.24, 2.45) is 0 Å². The van der Waals surface area contributed by atoms with Crippen LogP contribution in [-0.4, -0.2) is 0 Å². The maximum atomic E-state index is 14.2. The summed E-state index contributed by atoms with van der Waals surface area (Å²) in [6.07, 6.45) is 0. The summed E-state index contributed by atoms with van der Waals surface area (Å²) in [5, 5.41) is 25.4. The van der Waals surface area contributed by atoms with Gasteiger partial charge >= 0.3 is 0 Å². The van der Waals surface area contributed by atoms with Crippen LogP contribution < -0.4 is 0 Å². The largest absolute Gasteiger partial charge is 0.204 e. The van der Waals surface area contributed by atoms with Crippen LogP contribution in [0, 0.1) is 28.5 Å². The van der Waals surface area contributed by atoms with Gasteiger partial charge in [-0.2, -0.15) is 10.5 Å². The molecular weight excluding hydrogens is 359 g/mol. The predicted molar refractivity (Wildman–Crippen MR) is 114 cm³/mol. The number of benzene rings is 5. The highest BCUT2D eigenvalue weighted by atomic mass is 19.1. The Morgan fingerprint density at radius 2 is 0.966 bits per heavy atom. The van der Waals surface area contributed by atoms with Crippen LogP contribution in [0.25, 0.3) is 43.4 Å². The molecule has 0 aliphatic carbocycles. The Hall–Kier alpha value is -4.21. The van der Waals surface area contributed by atoms with E-state index in [4.69, 9.17) is 0 Å². The molecule has 0 atom stereocenters. The summed E-state index contributed by atoms with van der Waals surface area (Å²) in [6, 6.07) is 29.3. The molecular formula is C26H13FN2. The number of hydrogen-bond donors (Lipinski definition) is 0. The smallest absolute Gasteiger partial charge is 0.158 e. The second-order valence-electron chi connectivity index (χ2n) is 6.96. The number of fused-ring (bicyclic) bond motifs is 6. The Labute approximate surface area is 166 Å². The van der Waals surface area contributed by atoms with Gasteiger partial charge in [-0.15, -0.1) is 0 Å². The SMILES string of the molecule is N#Cc1cc(-c2ccc3c4ccccc4c4ccccc4c3c2)cc(C#N)c1F. The molecule has 5 aromatic rings. The molecule has 0 saturated carbocycles. The fraction of sp³-hybridized carbons (Fsp3) is 0. The topological polar surface area (TPSA) is 47.6 Å². The van der Waals surface area contributed by atoms with E-state index in [1.165, 1.54) is 28.3 Å². The van der Waals surface area contributed by atoms with Crippen molar-refractivity contribution in [3.05, 3.63) is 95.8 Å². The van der Waals surface area contributed by atoms with Crippen LogP contribution >= 0.6 is 0 Å². The number of rotatable bonds is 1. The fourth-order valence-corrected chi connectivity index (χ4v) is 4.04. The van der Waals surface area contributed by atoms with Crippen molar-refractivity contribution in [1.82, 2.24) is 0 Å². The summed E-state index contributed by atoms with van der Waals surface area (Å²) in [4.78, 5) is 0. The highest BCUT2D eigenvalue weighted by molar-refractivity contribution is 6.25. The predicted octanol–water partition coefficient (Wildman–Crippen LogP) is 6.70. The van der Waals surface area contributed by atoms with Crippen molar-refractivity contribution in [1.29, 1.82) is 10.5 Å². The maximum Gasteiger partial charge on any atom is 0.158 e. The lowest BCUT2D eigenvalue weighted by Gasteiger charge is -2.12. The highest BCUT2D eigenvalue weighted by Gasteiger charge is 2.13. The second kappa shape index (κ2) is 6.44. The molecule has 0 saturated heterocycles. The van der Waals surface area contributed by atoms with Gasteiger partial charge in [-0.3, -0.25) is 0 Å². The van der Waals surface area contributed by atoms with Crippen molar-refractivity contribution >= 4 is 32.3 Å². The number of halogens is 1. The van der Waals surface area contributed by atoms with E-state index in [1.807, 2.05) is 42.5 Å². The molecule has 5 aromatic carbocycles. The van der Waals surface area contributed by atoms with Crippen LogP contribution in [0.1, 0.15) is 11.1 Å². The molecule has 0 heterocycles. The average Bonchev–Trinajstić information content (AvgIpc) is 2.79. The Morgan fingerprint density at radius 3 is 1.45 bits per heavy atom. The van der Waals surface area contributed by atoms with E-state index < -0.39 is 5.82 Å². The summed E-state index contributed by atoms with van der Waals surface area (Å²) in [5.74, 6) is -0.768. The zero-order chi connectivity index (χ0) is 20.0. The molecule has 2 nitrogen and oxygen atoms in total. The highest BCUT2D eigenvalue weighted by Crippen LogP contribution is 2.37. The van der Waals surface area contributed by atoms with Crippen LogP contribution in [0.5, 0.6) is 0 Å². The Balaban J connectivity index is 1.88. The van der Waals surface area contributed by atoms with E-state index in [0.717, 1.165) is 21.7 Å². The fourth-order valence-electron chi connectivity index (χ4n) is 4.04. The Bertz CT molecular complexity index is 1460. The van der Waals surface area contributed by atoms with E-state index in [9.17, 15) is 14.9 Å². The monoisotopic (exact) mass is 372 g/mol. The molecule has 0 unspecified atom stereocenters. The lowest BCUT2D eigenvalue weighted by atomic mass is 9.91. The third-order valence-electron chi connectivity index (χ3n) is 5.39.